The molecule has 0 radical (unpaired) electrons. The van der Waals surface area contributed by atoms with Crippen molar-refractivity contribution >= 4 is 16.0 Å². The Hall–Kier alpha value is -2.96. The summed E-state index contributed by atoms with van der Waals surface area (Å²) in [6.45, 7) is 4.26. The molecule has 6 heteroatoms. The fourth-order valence-electron chi connectivity index (χ4n) is 3.17. The van der Waals surface area contributed by atoms with E-state index in [2.05, 4.69) is 30.7 Å². The Morgan fingerprint density at radius 1 is 0.867 bits per heavy atom. The molecule has 1 unspecified atom stereocenters. The van der Waals surface area contributed by atoms with Crippen LogP contribution < -0.4 is 4.72 Å². The summed E-state index contributed by atoms with van der Waals surface area (Å²) in [5.74, 6) is -0.778. The highest BCUT2D eigenvalue weighted by molar-refractivity contribution is 7.89. The van der Waals surface area contributed by atoms with Crippen LogP contribution in [0.25, 0.3) is 11.1 Å². The number of aliphatic carboxylic acids is 1. The largest absolute Gasteiger partial charge is 0.480 e. The standard InChI is InChI=1S/C24H25NO4S/c1-17(2)19-8-10-20(11-9-19)21-12-14-22(15-13-21)30(28,29)25-23(24(26)27)16-18-6-4-3-5-7-18/h3-15,17,23,25H,16H2,1-2H3,(H,26,27). The molecule has 5 nitrogen and oxygen atoms in total. The Labute approximate surface area is 177 Å². The van der Waals surface area contributed by atoms with Crippen molar-refractivity contribution in [1.82, 2.24) is 4.72 Å². The average molecular weight is 424 g/mol. The van der Waals surface area contributed by atoms with Gasteiger partial charge in [-0.1, -0.05) is 80.6 Å². The van der Waals surface area contributed by atoms with Crippen molar-refractivity contribution in [1.29, 1.82) is 0 Å². The molecule has 0 saturated heterocycles. The maximum absolute atomic E-state index is 12.7. The molecule has 0 aliphatic rings. The first-order chi connectivity index (χ1) is 14.3. The molecule has 3 rings (SSSR count). The number of sulfonamides is 1. The maximum Gasteiger partial charge on any atom is 0.322 e. The molecule has 3 aromatic carbocycles. The van der Waals surface area contributed by atoms with Crippen molar-refractivity contribution in [2.75, 3.05) is 0 Å². The van der Waals surface area contributed by atoms with E-state index >= 15 is 0 Å². The molecule has 0 spiro atoms. The molecule has 0 fully saturated rings. The van der Waals surface area contributed by atoms with Crippen LogP contribution in [-0.4, -0.2) is 25.5 Å². The number of benzene rings is 3. The Morgan fingerprint density at radius 2 is 1.40 bits per heavy atom. The summed E-state index contributed by atoms with van der Waals surface area (Å²) in [6, 6.07) is 22.3. The molecule has 0 heterocycles. The summed E-state index contributed by atoms with van der Waals surface area (Å²) in [5.41, 5.74) is 3.86. The smallest absolute Gasteiger partial charge is 0.322 e. The second-order valence-corrected chi connectivity index (χ2v) is 9.22. The zero-order chi connectivity index (χ0) is 21.7. The Morgan fingerprint density at radius 3 is 1.90 bits per heavy atom. The summed E-state index contributed by atoms with van der Waals surface area (Å²) in [4.78, 5) is 11.6. The van der Waals surface area contributed by atoms with Gasteiger partial charge in [-0.15, -0.1) is 0 Å². The second-order valence-electron chi connectivity index (χ2n) is 7.50. The van der Waals surface area contributed by atoms with Gasteiger partial charge >= 0.3 is 5.97 Å². The number of carboxylic acid groups (broad SMARTS) is 1. The van der Waals surface area contributed by atoms with Gasteiger partial charge in [-0.25, -0.2) is 8.42 Å². The summed E-state index contributed by atoms with van der Waals surface area (Å²) in [7, 11) is -3.97. The van der Waals surface area contributed by atoms with Gasteiger partial charge in [0.15, 0.2) is 0 Å². The molecule has 0 aliphatic heterocycles. The Balaban J connectivity index is 1.77. The van der Waals surface area contributed by atoms with Crippen LogP contribution in [0.3, 0.4) is 0 Å². The zero-order valence-corrected chi connectivity index (χ0v) is 17.8. The SMILES string of the molecule is CC(C)c1ccc(-c2ccc(S(=O)(=O)NC(Cc3ccccc3)C(=O)O)cc2)cc1. The third-order valence-corrected chi connectivity index (χ3v) is 6.44. The second kappa shape index (κ2) is 9.24. The molecular formula is C24H25NO4S. The minimum absolute atomic E-state index is 0.0318. The lowest BCUT2D eigenvalue weighted by Crippen LogP contribution is -2.42. The van der Waals surface area contributed by atoms with E-state index in [0.29, 0.717) is 5.92 Å². The van der Waals surface area contributed by atoms with Gasteiger partial charge in [0.25, 0.3) is 0 Å². The van der Waals surface area contributed by atoms with Crippen LogP contribution in [0.5, 0.6) is 0 Å². The molecule has 3 aromatic rings. The summed E-state index contributed by atoms with van der Waals surface area (Å²) in [6.07, 6.45) is 0.0652. The van der Waals surface area contributed by atoms with Crippen LogP contribution in [0.4, 0.5) is 0 Å². The van der Waals surface area contributed by atoms with Gasteiger partial charge in [-0.05, 0) is 46.7 Å². The maximum atomic E-state index is 12.7. The molecule has 0 bridgehead atoms. The molecule has 0 saturated carbocycles. The van der Waals surface area contributed by atoms with E-state index in [1.54, 1.807) is 36.4 Å². The summed E-state index contributed by atoms with van der Waals surface area (Å²) < 4.78 is 27.8. The van der Waals surface area contributed by atoms with Crippen molar-refractivity contribution in [3.8, 4) is 11.1 Å². The van der Waals surface area contributed by atoms with Gasteiger partial charge in [0, 0.05) is 0 Å². The minimum atomic E-state index is -3.97. The van der Waals surface area contributed by atoms with Gasteiger partial charge < -0.3 is 5.11 Å². The monoisotopic (exact) mass is 423 g/mol. The number of hydrogen-bond acceptors (Lipinski definition) is 3. The molecule has 0 aromatic heterocycles. The predicted molar refractivity (Wildman–Crippen MR) is 118 cm³/mol. The first kappa shape index (κ1) is 21.7. The quantitative estimate of drug-likeness (QED) is 0.561. The van der Waals surface area contributed by atoms with Crippen molar-refractivity contribution in [2.24, 2.45) is 0 Å². The molecule has 0 amide bonds. The first-order valence-electron chi connectivity index (χ1n) is 9.76. The minimum Gasteiger partial charge on any atom is -0.480 e. The fourth-order valence-corrected chi connectivity index (χ4v) is 4.36. The van der Waals surface area contributed by atoms with Crippen molar-refractivity contribution in [2.45, 2.75) is 37.1 Å². The predicted octanol–water partition coefficient (Wildman–Crippen LogP) is 4.45. The fraction of sp³-hybridized carbons (Fsp3) is 0.208. The molecule has 1 atom stereocenters. The van der Waals surface area contributed by atoms with Crippen LogP contribution in [0.15, 0.2) is 83.8 Å². The van der Waals surface area contributed by atoms with Crippen molar-refractivity contribution in [3.63, 3.8) is 0 Å². The normalized spacial score (nSPS) is 12.6. The number of hydrogen-bond donors (Lipinski definition) is 2. The van der Waals surface area contributed by atoms with Gasteiger partial charge in [-0.2, -0.15) is 4.72 Å². The highest BCUT2D eigenvalue weighted by atomic mass is 32.2. The lowest BCUT2D eigenvalue weighted by Gasteiger charge is -2.15. The topological polar surface area (TPSA) is 83.5 Å². The Kier molecular flexibility index (Phi) is 6.70. The van der Waals surface area contributed by atoms with E-state index < -0.39 is 22.0 Å². The van der Waals surface area contributed by atoms with Gasteiger partial charge in [0.05, 0.1) is 4.90 Å². The number of rotatable bonds is 8. The van der Waals surface area contributed by atoms with Crippen molar-refractivity contribution < 1.29 is 18.3 Å². The molecule has 0 aliphatic carbocycles. The van der Waals surface area contributed by atoms with Crippen LogP contribution in [0.1, 0.15) is 30.9 Å². The first-order valence-corrected chi connectivity index (χ1v) is 11.2. The highest BCUT2D eigenvalue weighted by Crippen LogP contribution is 2.24. The van der Waals surface area contributed by atoms with Crippen LogP contribution in [-0.2, 0) is 21.2 Å². The lowest BCUT2D eigenvalue weighted by molar-refractivity contribution is -0.138. The zero-order valence-electron chi connectivity index (χ0n) is 16.9. The molecule has 156 valence electrons. The summed E-state index contributed by atoms with van der Waals surface area (Å²) in [5, 5.41) is 9.47. The molecule has 30 heavy (non-hydrogen) atoms. The van der Waals surface area contributed by atoms with Gasteiger partial charge in [0.1, 0.15) is 6.04 Å². The van der Waals surface area contributed by atoms with Gasteiger partial charge in [0.2, 0.25) is 10.0 Å². The van der Waals surface area contributed by atoms with E-state index in [9.17, 15) is 18.3 Å². The number of nitrogens with one attached hydrogen (secondary N) is 1. The number of carbonyl (C=O) groups is 1. The van der Waals surface area contributed by atoms with E-state index in [4.69, 9.17) is 0 Å². The van der Waals surface area contributed by atoms with Crippen LogP contribution >= 0.6 is 0 Å². The van der Waals surface area contributed by atoms with Crippen LogP contribution in [0.2, 0.25) is 0 Å². The average Bonchev–Trinajstić information content (AvgIpc) is 2.74. The lowest BCUT2D eigenvalue weighted by atomic mass is 9.99. The van der Waals surface area contributed by atoms with Gasteiger partial charge in [-0.3, -0.25) is 4.79 Å². The highest BCUT2D eigenvalue weighted by Gasteiger charge is 2.25. The van der Waals surface area contributed by atoms with E-state index in [-0.39, 0.29) is 11.3 Å². The Bertz CT molecular complexity index is 1090. The number of carboxylic acids is 1. The van der Waals surface area contributed by atoms with E-state index in [0.717, 1.165) is 16.7 Å². The third kappa shape index (κ3) is 5.34. The molecular weight excluding hydrogens is 398 g/mol. The molecule has 2 N–H and O–H groups in total. The summed E-state index contributed by atoms with van der Waals surface area (Å²) >= 11 is 0. The van der Waals surface area contributed by atoms with Crippen LogP contribution in [0, 0.1) is 0 Å². The van der Waals surface area contributed by atoms with Crippen molar-refractivity contribution in [3.05, 3.63) is 90.0 Å². The third-order valence-electron chi connectivity index (χ3n) is 4.95. The van der Waals surface area contributed by atoms with E-state index in [1.807, 2.05) is 18.2 Å². The van der Waals surface area contributed by atoms with E-state index in [1.165, 1.54) is 17.7 Å².